The molecule has 0 radical (unpaired) electrons. The summed E-state index contributed by atoms with van der Waals surface area (Å²) in [5.41, 5.74) is 0.819. The minimum absolute atomic E-state index is 0.0428. The van der Waals surface area contributed by atoms with Crippen LogP contribution in [0.3, 0.4) is 0 Å². The van der Waals surface area contributed by atoms with Crippen molar-refractivity contribution in [1.29, 1.82) is 0 Å². The molecule has 98 valence electrons. The Morgan fingerprint density at radius 1 is 1.39 bits per heavy atom. The Labute approximate surface area is 114 Å². The molecule has 0 saturated heterocycles. The Kier molecular flexibility index (Phi) is 3.77. The van der Waals surface area contributed by atoms with Crippen LogP contribution in [-0.2, 0) is 21.1 Å². The Morgan fingerprint density at radius 3 is 2.56 bits per heavy atom. The van der Waals surface area contributed by atoms with Gasteiger partial charge in [0.1, 0.15) is 0 Å². The van der Waals surface area contributed by atoms with Gasteiger partial charge in [0, 0.05) is 10.9 Å². The van der Waals surface area contributed by atoms with Crippen LogP contribution in [0, 0.1) is 0 Å². The summed E-state index contributed by atoms with van der Waals surface area (Å²) in [4.78, 5) is 10.8. The molecule has 1 fully saturated rings. The number of carboxylic acid groups (broad SMARTS) is 1. The zero-order chi connectivity index (χ0) is 13.3. The molecule has 1 aliphatic rings. The molecule has 6 heteroatoms. The summed E-state index contributed by atoms with van der Waals surface area (Å²) in [5, 5.41) is 8.36. The van der Waals surface area contributed by atoms with Crippen molar-refractivity contribution in [2.24, 2.45) is 0 Å². The number of hydrogen-bond acceptors (Lipinski definition) is 3. The van der Waals surface area contributed by atoms with Crippen LogP contribution in [0.1, 0.15) is 24.8 Å². The number of carbonyl (C=O) groups is 1. The molecule has 0 unspecified atom stereocenters. The fourth-order valence-corrected chi connectivity index (χ4v) is 4.55. The van der Waals surface area contributed by atoms with Crippen molar-refractivity contribution in [2.45, 2.75) is 35.8 Å². The number of rotatable bonds is 5. The van der Waals surface area contributed by atoms with Crippen LogP contribution >= 0.6 is 15.9 Å². The van der Waals surface area contributed by atoms with Crippen LogP contribution in [0.25, 0.3) is 0 Å². The van der Waals surface area contributed by atoms with Gasteiger partial charge in [0.25, 0.3) is 0 Å². The number of benzene rings is 1. The van der Waals surface area contributed by atoms with E-state index in [9.17, 15) is 13.2 Å². The minimum atomic E-state index is -3.21. The molecule has 2 rings (SSSR count). The van der Waals surface area contributed by atoms with Crippen molar-refractivity contribution >= 4 is 31.7 Å². The van der Waals surface area contributed by atoms with Crippen molar-refractivity contribution in [3.05, 3.63) is 28.2 Å². The van der Waals surface area contributed by atoms with E-state index in [1.807, 2.05) is 0 Å². The number of halogens is 1. The number of hydrogen-bond donors (Lipinski definition) is 1. The zero-order valence-electron chi connectivity index (χ0n) is 9.60. The molecule has 0 amide bonds. The second-order valence-electron chi connectivity index (χ2n) is 4.40. The fourth-order valence-electron chi connectivity index (χ4n) is 1.74. The van der Waals surface area contributed by atoms with Crippen molar-refractivity contribution in [1.82, 2.24) is 0 Å². The highest BCUT2D eigenvalue weighted by Crippen LogP contribution is 2.36. The van der Waals surface area contributed by atoms with Gasteiger partial charge in [0.2, 0.25) is 0 Å². The molecule has 1 aliphatic carbocycles. The van der Waals surface area contributed by atoms with Crippen molar-refractivity contribution < 1.29 is 18.3 Å². The smallest absolute Gasteiger partial charge is 0.303 e. The molecule has 0 heterocycles. The lowest BCUT2D eigenvalue weighted by Gasteiger charge is -2.07. The molecule has 1 N–H and O–H groups in total. The van der Waals surface area contributed by atoms with Crippen LogP contribution in [0.15, 0.2) is 27.6 Å². The molecule has 1 aromatic rings. The first-order valence-corrected chi connectivity index (χ1v) is 7.99. The van der Waals surface area contributed by atoms with E-state index in [4.69, 9.17) is 5.11 Å². The van der Waals surface area contributed by atoms with Gasteiger partial charge >= 0.3 is 5.97 Å². The van der Waals surface area contributed by atoms with Gasteiger partial charge < -0.3 is 5.11 Å². The predicted octanol–water partition coefficient (Wildman–Crippen LogP) is 2.40. The van der Waals surface area contributed by atoms with E-state index in [0.717, 1.165) is 18.4 Å². The van der Waals surface area contributed by atoms with Gasteiger partial charge in [-0.2, -0.15) is 0 Å². The summed E-state index contributed by atoms with van der Waals surface area (Å²) in [7, 11) is -3.21. The van der Waals surface area contributed by atoms with Gasteiger partial charge in [0.05, 0.1) is 10.1 Å². The highest BCUT2D eigenvalue weighted by molar-refractivity contribution is 9.10. The Balaban J connectivity index is 2.22. The van der Waals surface area contributed by atoms with Gasteiger partial charge in [-0.15, -0.1) is 0 Å². The maximum absolute atomic E-state index is 12.1. The third-order valence-electron chi connectivity index (χ3n) is 2.89. The number of aliphatic carboxylic acids is 1. The van der Waals surface area contributed by atoms with Gasteiger partial charge in [-0.1, -0.05) is 6.07 Å². The van der Waals surface area contributed by atoms with E-state index >= 15 is 0 Å². The molecule has 18 heavy (non-hydrogen) atoms. The largest absolute Gasteiger partial charge is 0.481 e. The van der Waals surface area contributed by atoms with Crippen molar-refractivity contribution in [3.8, 4) is 0 Å². The second kappa shape index (κ2) is 5.01. The van der Waals surface area contributed by atoms with Crippen LogP contribution in [-0.4, -0.2) is 24.7 Å². The molecule has 0 aliphatic heterocycles. The van der Waals surface area contributed by atoms with Crippen LogP contribution in [0.5, 0.6) is 0 Å². The van der Waals surface area contributed by atoms with Crippen LogP contribution in [0.4, 0.5) is 0 Å². The lowest BCUT2D eigenvalue weighted by molar-refractivity contribution is -0.136. The lowest BCUT2D eigenvalue weighted by Crippen LogP contribution is -2.08. The second-order valence-corrected chi connectivity index (χ2v) is 7.45. The zero-order valence-corrected chi connectivity index (χ0v) is 12.0. The fraction of sp³-hybridized carbons (Fsp3) is 0.417. The van der Waals surface area contributed by atoms with Crippen molar-refractivity contribution in [2.75, 3.05) is 0 Å². The van der Waals surface area contributed by atoms with E-state index in [2.05, 4.69) is 15.9 Å². The summed E-state index contributed by atoms with van der Waals surface area (Å²) in [5.74, 6) is -0.860. The first kappa shape index (κ1) is 13.5. The highest BCUT2D eigenvalue weighted by atomic mass is 79.9. The summed E-state index contributed by atoms with van der Waals surface area (Å²) in [6, 6.07) is 4.94. The molecule has 0 spiro atoms. The quantitative estimate of drug-likeness (QED) is 0.898. The molecule has 4 nitrogen and oxygen atoms in total. The molecule has 1 saturated carbocycles. The average Bonchev–Trinajstić information content (AvgIpc) is 3.09. The summed E-state index contributed by atoms with van der Waals surface area (Å²) >= 11 is 3.26. The SMILES string of the molecule is O=C(O)CCc1ccc(S(=O)(=O)C2CC2)c(Br)c1. The van der Waals surface area contributed by atoms with E-state index in [1.54, 1.807) is 18.2 Å². The van der Waals surface area contributed by atoms with Gasteiger partial charge in [-0.3, -0.25) is 4.79 Å². The maximum atomic E-state index is 12.1. The summed E-state index contributed by atoms with van der Waals surface area (Å²) in [6.45, 7) is 0. The van der Waals surface area contributed by atoms with E-state index < -0.39 is 15.8 Å². The number of carboxylic acids is 1. The van der Waals surface area contributed by atoms with E-state index in [1.165, 1.54) is 0 Å². The third kappa shape index (κ3) is 2.92. The van der Waals surface area contributed by atoms with Crippen LogP contribution in [0.2, 0.25) is 0 Å². The topological polar surface area (TPSA) is 71.4 Å². The summed E-state index contributed by atoms with van der Waals surface area (Å²) < 4.78 is 24.7. The highest BCUT2D eigenvalue weighted by Gasteiger charge is 2.37. The minimum Gasteiger partial charge on any atom is -0.481 e. The number of aryl methyl sites for hydroxylation is 1. The predicted molar refractivity (Wildman–Crippen MR) is 70.3 cm³/mol. The third-order valence-corrected chi connectivity index (χ3v) is 6.13. The Hall–Kier alpha value is -0.880. The molecular weight excluding hydrogens is 320 g/mol. The average molecular weight is 333 g/mol. The molecule has 0 aromatic heterocycles. The van der Waals surface area contributed by atoms with Gasteiger partial charge in [0.15, 0.2) is 9.84 Å². The molecular formula is C12H13BrO4S. The molecule has 0 bridgehead atoms. The first-order chi connectivity index (χ1) is 8.41. The Morgan fingerprint density at radius 2 is 2.06 bits per heavy atom. The monoisotopic (exact) mass is 332 g/mol. The maximum Gasteiger partial charge on any atom is 0.303 e. The number of sulfone groups is 1. The van der Waals surface area contributed by atoms with E-state index in [-0.39, 0.29) is 11.7 Å². The van der Waals surface area contributed by atoms with E-state index in [0.29, 0.717) is 15.8 Å². The summed E-state index contributed by atoms with van der Waals surface area (Å²) in [6.07, 6.45) is 1.91. The lowest BCUT2D eigenvalue weighted by atomic mass is 10.1. The first-order valence-electron chi connectivity index (χ1n) is 5.65. The Bertz CT molecular complexity index is 576. The molecule has 0 atom stereocenters. The molecule has 1 aromatic carbocycles. The van der Waals surface area contributed by atoms with Gasteiger partial charge in [-0.05, 0) is 52.9 Å². The van der Waals surface area contributed by atoms with Crippen LogP contribution < -0.4 is 0 Å². The van der Waals surface area contributed by atoms with Crippen molar-refractivity contribution in [3.63, 3.8) is 0 Å². The normalized spacial score (nSPS) is 15.6. The van der Waals surface area contributed by atoms with Gasteiger partial charge in [-0.25, -0.2) is 8.42 Å². The standard InChI is InChI=1S/C12H13BrO4S/c13-10-7-8(2-6-12(14)15)1-5-11(10)18(16,17)9-3-4-9/h1,5,7,9H,2-4,6H2,(H,14,15).